The van der Waals surface area contributed by atoms with E-state index in [1.165, 1.54) is 14.7 Å². The van der Waals surface area contributed by atoms with Crippen LogP contribution in [0.25, 0.3) is 0 Å². The molecule has 1 saturated carbocycles. The summed E-state index contributed by atoms with van der Waals surface area (Å²) >= 11 is 1.71. The predicted molar refractivity (Wildman–Crippen MR) is 108 cm³/mol. The largest absolute Gasteiger partial charge is 0.370 e. The maximum Gasteiger partial charge on any atom is 0.233 e. The van der Waals surface area contributed by atoms with Crippen LogP contribution in [0.2, 0.25) is 0 Å². The third-order valence-corrected chi connectivity index (χ3v) is 7.50. The van der Waals surface area contributed by atoms with Gasteiger partial charge in [0.2, 0.25) is 17.7 Å². The normalized spacial score (nSPS) is 26.4. The number of carbonyl (C=O) groups is 3. The van der Waals surface area contributed by atoms with Crippen molar-refractivity contribution in [3.63, 3.8) is 0 Å². The number of imide groups is 1. The molecular formula is C21H30N3O4S+. The van der Waals surface area contributed by atoms with Crippen LogP contribution < -0.4 is 10.2 Å². The van der Waals surface area contributed by atoms with E-state index in [4.69, 9.17) is 4.74 Å². The van der Waals surface area contributed by atoms with Gasteiger partial charge in [0.05, 0.1) is 36.5 Å². The maximum atomic E-state index is 12.6. The Morgan fingerprint density at radius 3 is 2.52 bits per heavy atom. The molecule has 7 nitrogen and oxygen atoms in total. The van der Waals surface area contributed by atoms with E-state index in [-0.39, 0.29) is 48.6 Å². The molecule has 4 rings (SSSR count). The lowest BCUT2D eigenvalue weighted by Gasteiger charge is -2.31. The quantitative estimate of drug-likeness (QED) is 0.626. The summed E-state index contributed by atoms with van der Waals surface area (Å²) in [5.41, 5.74) is 0. The van der Waals surface area contributed by atoms with Crippen molar-refractivity contribution in [2.24, 2.45) is 11.8 Å². The first kappa shape index (κ1) is 20.5. The Morgan fingerprint density at radius 2 is 1.90 bits per heavy atom. The van der Waals surface area contributed by atoms with Gasteiger partial charge in [-0.05, 0) is 24.3 Å². The van der Waals surface area contributed by atoms with Crippen molar-refractivity contribution >= 4 is 29.1 Å². The van der Waals surface area contributed by atoms with E-state index in [2.05, 4.69) is 16.8 Å². The summed E-state index contributed by atoms with van der Waals surface area (Å²) in [6, 6.07) is 4.37. The SMILES string of the molecule is O=C(CCN1C(=O)[C@H]2CCCC[C@H]2C1=O)NC[C@@H](c1cccs1)[NH+]1CCOCC1. The molecule has 0 bridgehead atoms. The highest BCUT2D eigenvalue weighted by atomic mass is 32.1. The number of quaternary nitrogens is 1. The van der Waals surface area contributed by atoms with Gasteiger partial charge in [0, 0.05) is 13.0 Å². The number of likely N-dealkylation sites (tertiary alicyclic amines) is 1. The molecule has 2 aliphatic heterocycles. The molecule has 0 radical (unpaired) electrons. The molecule has 0 unspecified atom stereocenters. The molecule has 0 spiro atoms. The Kier molecular flexibility index (Phi) is 6.62. The molecule has 0 aromatic carbocycles. The minimum absolute atomic E-state index is 0.0678. The van der Waals surface area contributed by atoms with Crippen LogP contribution in [-0.4, -0.2) is 62.0 Å². The summed E-state index contributed by atoms with van der Waals surface area (Å²) in [4.78, 5) is 41.6. The second-order valence-electron chi connectivity index (χ2n) is 8.22. The molecule has 1 aromatic heterocycles. The first-order valence-electron chi connectivity index (χ1n) is 10.7. The highest BCUT2D eigenvalue weighted by molar-refractivity contribution is 7.10. The molecule has 8 heteroatoms. The van der Waals surface area contributed by atoms with Crippen LogP contribution in [0.1, 0.15) is 43.0 Å². The molecule has 3 fully saturated rings. The summed E-state index contributed by atoms with van der Waals surface area (Å²) in [7, 11) is 0. The van der Waals surface area contributed by atoms with E-state index in [0.29, 0.717) is 6.54 Å². The average Bonchev–Trinajstić information content (AvgIpc) is 3.36. The first-order valence-corrected chi connectivity index (χ1v) is 11.6. The monoisotopic (exact) mass is 420 g/mol. The van der Waals surface area contributed by atoms with Crippen molar-refractivity contribution in [2.75, 3.05) is 39.4 Å². The minimum atomic E-state index is -0.146. The second kappa shape index (κ2) is 9.36. The third kappa shape index (κ3) is 4.54. The van der Waals surface area contributed by atoms with Crippen molar-refractivity contribution in [2.45, 2.75) is 38.1 Å². The van der Waals surface area contributed by atoms with Gasteiger partial charge in [-0.25, -0.2) is 0 Å². The van der Waals surface area contributed by atoms with Crippen LogP contribution in [0.15, 0.2) is 17.5 Å². The Morgan fingerprint density at radius 1 is 1.21 bits per heavy atom. The first-order chi connectivity index (χ1) is 14.1. The topological polar surface area (TPSA) is 80.2 Å². The van der Waals surface area contributed by atoms with Gasteiger partial charge in [0.1, 0.15) is 19.1 Å². The fourth-order valence-corrected chi connectivity index (χ4v) is 5.77. The molecule has 158 valence electrons. The smallest absolute Gasteiger partial charge is 0.233 e. The van der Waals surface area contributed by atoms with Gasteiger partial charge >= 0.3 is 0 Å². The van der Waals surface area contributed by atoms with Gasteiger partial charge < -0.3 is 15.0 Å². The summed E-state index contributed by atoms with van der Waals surface area (Å²) in [6.45, 7) is 4.10. The molecular weight excluding hydrogens is 390 g/mol. The van der Waals surface area contributed by atoms with Crippen LogP contribution in [0.4, 0.5) is 0 Å². The molecule has 3 atom stereocenters. The van der Waals surface area contributed by atoms with Crippen LogP contribution in [0, 0.1) is 11.8 Å². The summed E-state index contributed by atoms with van der Waals surface area (Å²) in [6.07, 6.45) is 3.82. The van der Waals surface area contributed by atoms with Gasteiger partial charge in [0.15, 0.2) is 0 Å². The number of hydrogen-bond donors (Lipinski definition) is 2. The fraction of sp³-hybridized carbons (Fsp3) is 0.667. The third-order valence-electron chi connectivity index (χ3n) is 6.51. The van der Waals surface area contributed by atoms with E-state index >= 15 is 0 Å². The maximum absolute atomic E-state index is 12.6. The lowest BCUT2D eigenvalue weighted by molar-refractivity contribution is -0.937. The second-order valence-corrected chi connectivity index (χ2v) is 9.20. The van der Waals surface area contributed by atoms with Gasteiger partial charge in [0.25, 0.3) is 0 Å². The number of carbonyl (C=O) groups excluding carboxylic acids is 3. The number of morpholine rings is 1. The van der Waals surface area contributed by atoms with Crippen molar-refractivity contribution < 1.29 is 24.0 Å². The van der Waals surface area contributed by atoms with Gasteiger partial charge in [-0.3, -0.25) is 19.3 Å². The number of ether oxygens (including phenoxy) is 1. The highest BCUT2D eigenvalue weighted by Crippen LogP contribution is 2.37. The molecule has 29 heavy (non-hydrogen) atoms. The van der Waals surface area contributed by atoms with Crippen LogP contribution in [-0.2, 0) is 19.1 Å². The number of hydrogen-bond acceptors (Lipinski definition) is 5. The Balaban J connectivity index is 1.29. The zero-order valence-corrected chi connectivity index (χ0v) is 17.5. The zero-order valence-electron chi connectivity index (χ0n) is 16.7. The Hall–Kier alpha value is -1.77. The number of nitrogens with one attached hydrogen (secondary N) is 2. The van der Waals surface area contributed by atoms with Crippen molar-refractivity contribution in [3.8, 4) is 0 Å². The molecule has 2 saturated heterocycles. The standard InChI is InChI=1S/C21H29N3O4S/c25-19(7-8-24-20(26)15-4-1-2-5-16(15)21(24)27)22-14-17(18-6-3-13-29-18)23-9-11-28-12-10-23/h3,6,13,15-17H,1-2,4-5,7-12,14H2,(H,22,25)/p+1/t15-,16+,17-/m0/s1. The lowest BCUT2D eigenvalue weighted by atomic mass is 9.81. The number of fused-ring (bicyclic) bond motifs is 1. The highest BCUT2D eigenvalue weighted by Gasteiger charge is 2.47. The summed E-state index contributed by atoms with van der Waals surface area (Å²) in [5.74, 6) is -0.530. The average molecular weight is 421 g/mol. The van der Waals surface area contributed by atoms with E-state index in [1.807, 2.05) is 6.07 Å². The molecule has 3 amide bonds. The Bertz CT molecular complexity index is 708. The zero-order chi connectivity index (χ0) is 20.2. The number of amides is 3. The van der Waals surface area contributed by atoms with E-state index in [9.17, 15) is 14.4 Å². The van der Waals surface area contributed by atoms with Gasteiger partial charge in [-0.1, -0.05) is 18.9 Å². The van der Waals surface area contributed by atoms with E-state index in [0.717, 1.165) is 52.0 Å². The van der Waals surface area contributed by atoms with Crippen molar-refractivity contribution in [1.82, 2.24) is 10.2 Å². The van der Waals surface area contributed by atoms with Crippen LogP contribution >= 0.6 is 11.3 Å². The molecule has 1 aliphatic carbocycles. The van der Waals surface area contributed by atoms with Crippen LogP contribution in [0.3, 0.4) is 0 Å². The minimum Gasteiger partial charge on any atom is -0.370 e. The summed E-state index contributed by atoms with van der Waals surface area (Å²) < 4.78 is 5.47. The summed E-state index contributed by atoms with van der Waals surface area (Å²) in [5, 5.41) is 5.11. The van der Waals surface area contributed by atoms with Gasteiger partial charge in [-0.15, -0.1) is 11.3 Å². The molecule has 2 N–H and O–H groups in total. The molecule has 1 aromatic rings. The van der Waals surface area contributed by atoms with Crippen LogP contribution in [0.5, 0.6) is 0 Å². The lowest BCUT2D eigenvalue weighted by Crippen LogP contribution is -3.15. The molecule has 3 aliphatic rings. The van der Waals surface area contributed by atoms with Crippen molar-refractivity contribution in [3.05, 3.63) is 22.4 Å². The number of nitrogens with zero attached hydrogens (tertiary/aromatic N) is 1. The Labute approximate surface area is 175 Å². The number of rotatable bonds is 7. The fourth-order valence-electron chi connectivity index (χ4n) is 4.89. The van der Waals surface area contributed by atoms with E-state index in [1.54, 1.807) is 11.3 Å². The van der Waals surface area contributed by atoms with Gasteiger partial charge in [-0.2, -0.15) is 0 Å². The predicted octanol–water partition coefficient (Wildman–Crippen LogP) is 0.386. The van der Waals surface area contributed by atoms with E-state index < -0.39 is 0 Å². The number of thiophene rings is 1. The van der Waals surface area contributed by atoms with Crippen molar-refractivity contribution in [1.29, 1.82) is 0 Å². The molecule has 3 heterocycles.